The minimum Gasteiger partial charge on any atom is -0.280 e. The molecule has 2 aromatic carbocycles. The van der Waals surface area contributed by atoms with E-state index in [4.69, 9.17) is 0 Å². The number of nitrogens with one attached hydrogen (secondary N) is 1. The zero-order valence-electron chi connectivity index (χ0n) is 15.0. The molecule has 1 N–H and O–H groups in total. The van der Waals surface area contributed by atoms with Crippen molar-refractivity contribution in [2.75, 3.05) is 10.5 Å². The van der Waals surface area contributed by atoms with Gasteiger partial charge in [-0.15, -0.1) is 10.2 Å². The normalized spacial score (nSPS) is 12.0. The maximum absolute atomic E-state index is 13.8. The summed E-state index contributed by atoms with van der Waals surface area (Å²) in [6.45, 7) is 1.49. The molecule has 0 bridgehead atoms. The Morgan fingerprint density at radius 1 is 0.931 bits per heavy atom. The molecule has 0 spiro atoms. The SMILES string of the molecule is CCS(=O)(=O)c1ccc(-c2cccc(NS(=O)(=O)c3cc(F)ccc3F)c2)nn1. The second-order valence-electron chi connectivity index (χ2n) is 5.92. The summed E-state index contributed by atoms with van der Waals surface area (Å²) in [4.78, 5) is -0.822. The zero-order valence-corrected chi connectivity index (χ0v) is 16.6. The van der Waals surface area contributed by atoms with Crippen LogP contribution in [0, 0.1) is 11.6 Å². The summed E-state index contributed by atoms with van der Waals surface area (Å²) in [6.07, 6.45) is 0. The highest BCUT2D eigenvalue weighted by molar-refractivity contribution is 7.92. The number of aromatic nitrogens is 2. The van der Waals surface area contributed by atoms with Gasteiger partial charge in [0, 0.05) is 11.3 Å². The third kappa shape index (κ3) is 4.57. The number of hydrogen-bond donors (Lipinski definition) is 1. The fraction of sp³-hybridized carbons (Fsp3) is 0.111. The lowest BCUT2D eigenvalue weighted by molar-refractivity contribution is 0.555. The van der Waals surface area contributed by atoms with Gasteiger partial charge in [-0.05, 0) is 42.5 Å². The molecule has 0 amide bonds. The predicted molar refractivity (Wildman–Crippen MR) is 102 cm³/mol. The number of sulfonamides is 1. The molecule has 152 valence electrons. The van der Waals surface area contributed by atoms with E-state index in [1.807, 2.05) is 0 Å². The molecule has 0 atom stereocenters. The van der Waals surface area contributed by atoms with Crippen LogP contribution in [0.15, 0.2) is 64.5 Å². The third-order valence-corrected chi connectivity index (χ3v) is 6.94. The van der Waals surface area contributed by atoms with Gasteiger partial charge in [0.25, 0.3) is 10.0 Å². The maximum Gasteiger partial charge on any atom is 0.264 e. The molecule has 0 aliphatic heterocycles. The molecule has 11 heteroatoms. The fourth-order valence-corrected chi connectivity index (χ4v) is 4.30. The Kier molecular flexibility index (Phi) is 5.62. The highest BCUT2D eigenvalue weighted by Crippen LogP contribution is 2.24. The molecular formula is C18H15F2N3O4S2. The number of rotatable bonds is 6. The van der Waals surface area contributed by atoms with E-state index in [0.717, 1.165) is 12.1 Å². The highest BCUT2D eigenvalue weighted by Gasteiger charge is 2.20. The van der Waals surface area contributed by atoms with Crippen molar-refractivity contribution >= 4 is 25.5 Å². The Bertz CT molecular complexity index is 1260. The first kappa shape index (κ1) is 20.8. The van der Waals surface area contributed by atoms with E-state index in [9.17, 15) is 25.6 Å². The Morgan fingerprint density at radius 3 is 2.34 bits per heavy atom. The molecule has 3 aromatic rings. The molecular weight excluding hydrogens is 424 g/mol. The Hall–Kier alpha value is -2.92. The molecule has 29 heavy (non-hydrogen) atoms. The second kappa shape index (κ2) is 7.84. The van der Waals surface area contributed by atoms with Crippen molar-refractivity contribution in [2.45, 2.75) is 16.8 Å². The average molecular weight is 439 g/mol. The number of benzene rings is 2. The van der Waals surface area contributed by atoms with E-state index in [0.29, 0.717) is 17.3 Å². The van der Waals surface area contributed by atoms with Crippen molar-refractivity contribution in [1.82, 2.24) is 10.2 Å². The van der Waals surface area contributed by atoms with Gasteiger partial charge in [-0.2, -0.15) is 0 Å². The van der Waals surface area contributed by atoms with E-state index >= 15 is 0 Å². The lowest BCUT2D eigenvalue weighted by Gasteiger charge is -2.10. The van der Waals surface area contributed by atoms with Gasteiger partial charge < -0.3 is 0 Å². The summed E-state index contributed by atoms with van der Waals surface area (Å²) >= 11 is 0. The van der Waals surface area contributed by atoms with Crippen molar-refractivity contribution in [3.8, 4) is 11.3 Å². The van der Waals surface area contributed by atoms with Crippen LogP contribution < -0.4 is 4.72 Å². The summed E-state index contributed by atoms with van der Waals surface area (Å²) in [6, 6.07) is 10.8. The van der Waals surface area contributed by atoms with Crippen molar-refractivity contribution in [3.05, 3.63) is 66.2 Å². The topological polar surface area (TPSA) is 106 Å². The Balaban J connectivity index is 1.91. The quantitative estimate of drug-likeness (QED) is 0.633. The molecule has 3 rings (SSSR count). The largest absolute Gasteiger partial charge is 0.280 e. The van der Waals surface area contributed by atoms with Gasteiger partial charge in [-0.25, -0.2) is 25.6 Å². The van der Waals surface area contributed by atoms with Crippen molar-refractivity contribution in [2.24, 2.45) is 0 Å². The molecule has 0 saturated heterocycles. The number of nitrogens with zero attached hydrogens (tertiary/aromatic N) is 2. The predicted octanol–water partition coefficient (Wildman–Crippen LogP) is 3.02. The summed E-state index contributed by atoms with van der Waals surface area (Å²) in [7, 11) is -7.87. The standard InChI is InChI=1S/C18H15F2N3O4S2/c1-2-28(24,25)18-9-8-16(21-22-18)12-4-3-5-14(10-12)23-29(26,27)17-11-13(19)6-7-15(17)20/h3-11,23H,2H2,1H3. The summed E-state index contributed by atoms with van der Waals surface area (Å²) in [5.74, 6) is -2.10. The Labute approximate surface area is 166 Å². The molecule has 0 saturated carbocycles. The van der Waals surface area contributed by atoms with Gasteiger partial charge in [-0.1, -0.05) is 19.1 Å². The molecule has 1 heterocycles. The van der Waals surface area contributed by atoms with Crippen LogP contribution in [0.3, 0.4) is 0 Å². The van der Waals surface area contributed by atoms with Gasteiger partial charge in [0.15, 0.2) is 14.9 Å². The second-order valence-corrected chi connectivity index (χ2v) is 9.80. The monoisotopic (exact) mass is 439 g/mol. The first-order valence-electron chi connectivity index (χ1n) is 8.27. The minimum absolute atomic E-state index is 0.0817. The average Bonchev–Trinajstić information content (AvgIpc) is 2.69. The first-order chi connectivity index (χ1) is 13.6. The maximum atomic E-state index is 13.8. The number of halogens is 2. The highest BCUT2D eigenvalue weighted by atomic mass is 32.2. The fourth-order valence-electron chi connectivity index (χ4n) is 2.42. The van der Waals surface area contributed by atoms with Crippen molar-refractivity contribution in [3.63, 3.8) is 0 Å². The summed E-state index contributed by atoms with van der Waals surface area (Å²) in [5.41, 5.74) is 0.828. The molecule has 1 aromatic heterocycles. The van der Waals surface area contributed by atoms with Gasteiger partial charge in [0.1, 0.15) is 16.5 Å². The van der Waals surface area contributed by atoms with Crippen molar-refractivity contribution < 1.29 is 25.6 Å². The van der Waals surface area contributed by atoms with Crippen LogP contribution in [-0.4, -0.2) is 32.8 Å². The van der Waals surface area contributed by atoms with Crippen LogP contribution in [0.5, 0.6) is 0 Å². The van der Waals surface area contributed by atoms with Crippen LogP contribution in [0.2, 0.25) is 0 Å². The van der Waals surface area contributed by atoms with Crippen molar-refractivity contribution in [1.29, 1.82) is 0 Å². The van der Waals surface area contributed by atoms with Gasteiger partial charge >= 0.3 is 0 Å². The van der Waals surface area contributed by atoms with Crippen LogP contribution in [0.4, 0.5) is 14.5 Å². The smallest absolute Gasteiger partial charge is 0.264 e. The summed E-state index contributed by atoms with van der Waals surface area (Å²) < 4.78 is 77.7. The van der Waals surface area contributed by atoms with Crippen LogP contribution in [0.25, 0.3) is 11.3 Å². The lowest BCUT2D eigenvalue weighted by Crippen LogP contribution is -2.15. The molecule has 0 aliphatic carbocycles. The van der Waals surface area contributed by atoms with Gasteiger partial charge in [-0.3, -0.25) is 4.72 Å². The molecule has 0 aliphatic rings. The van der Waals surface area contributed by atoms with Crippen LogP contribution >= 0.6 is 0 Å². The lowest BCUT2D eigenvalue weighted by atomic mass is 10.1. The first-order valence-corrected chi connectivity index (χ1v) is 11.4. The molecule has 0 radical (unpaired) electrons. The Morgan fingerprint density at radius 2 is 1.69 bits per heavy atom. The van der Waals surface area contributed by atoms with Crippen LogP contribution in [-0.2, 0) is 19.9 Å². The molecule has 7 nitrogen and oxygen atoms in total. The van der Waals surface area contributed by atoms with Gasteiger partial charge in [0.05, 0.1) is 11.4 Å². The van der Waals surface area contributed by atoms with Gasteiger partial charge in [0.2, 0.25) is 0 Å². The van der Waals surface area contributed by atoms with E-state index in [1.165, 1.54) is 37.3 Å². The third-order valence-electron chi connectivity index (χ3n) is 3.93. The molecule has 0 fully saturated rings. The number of sulfone groups is 1. The van der Waals surface area contributed by atoms with E-state index in [2.05, 4.69) is 14.9 Å². The van der Waals surface area contributed by atoms with Crippen LogP contribution in [0.1, 0.15) is 6.92 Å². The summed E-state index contributed by atoms with van der Waals surface area (Å²) in [5, 5.41) is 7.41. The van der Waals surface area contributed by atoms with E-state index in [1.54, 1.807) is 6.07 Å². The number of hydrogen-bond acceptors (Lipinski definition) is 6. The minimum atomic E-state index is -4.38. The zero-order chi connectivity index (χ0) is 21.2. The van der Waals surface area contributed by atoms with E-state index < -0.39 is 36.4 Å². The number of anilines is 1. The molecule has 0 unspecified atom stereocenters. The van der Waals surface area contributed by atoms with E-state index in [-0.39, 0.29) is 16.5 Å².